The van der Waals surface area contributed by atoms with E-state index < -0.39 is 0 Å². The van der Waals surface area contributed by atoms with Crippen molar-refractivity contribution in [2.75, 3.05) is 39.6 Å². The molecule has 1 rings (SSSR count). The Balaban J connectivity index is 1.77. The van der Waals surface area contributed by atoms with Crippen LogP contribution < -0.4 is 0 Å². The summed E-state index contributed by atoms with van der Waals surface area (Å²) < 4.78 is 16.5. The first-order valence-electron chi connectivity index (χ1n) is 7.58. The van der Waals surface area contributed by atoms with E-state index >= 15 is 0 Å². The molecule has 114 valence electrons. The van der Waals surface area contributed by atoms with E-state index in [0.717, 1.165) is 19.6 Å². The lowest BCUT2D eigenvalue weighted by Gasteiger charge is -2.17. The minimum atomic E-state index is 0.522. The smallest absolute Gasteiger partial charge is 0.0701 e. The summed E-state index contributed by atoms with van der Waals surface area (Å²) in [6.07, 6.45) is 6.17. The summed E-state index contributed by atoms with van der Waals surface area (Å²) in [6, 6.07) is 0. The molecular formula is C15H29BrO3. The molecule has 1 saturated carbocycles. The Morgan fingerprint density at radius 2 is 1.47 bits per heavy atom. The van der Waals surface area contributed by atoms with E-state index in [1.807, 2.05) is 0 Å². The Morgan fingerprint density at radius 1 is 0.947 bits per heavy atom. The van der Waals surface area contributed by atoms with Gasteiger partial charge in [0.2, 0.25) is 0 Å². The zero-order valence-electron chi connectivity index (χ0n) is 12.5. The van der Waals surface area contributed by atoms with Gasteiger partial charge in [-0.05, 0) is 31.1 Å². The Labute approximate surface area is 126 Å². The second kappa shape index (κ2) is 10.1. The fraction of sp³-hybridized carbons (Fsp3) is 1.00. The van der Waals surface area contributed by atoms with E-state index in [1.54, 1.807) is 0 Å². The molecule has 0 aromatic heterocycles. The third-order valence-electron chi connectivity index (χ3n) is 3.87. The topological polar surface area (TPSA) is 27.7 Å². The van der Waals surface area contributed by atoms with Crippen molar-refractivity contribution in [1.82, 2.24) is 0 Å². The van der Waals surface area contributed by atoms with Gasteiger partial charge >= 0.3 is 0 Å². The molecule has 0 heterocycles. The maximum atomic E-state index is 5.62. The van der Waals surface area contributed by atoms with Gasteiger partial charge in [0, 0.05) is 18.0 Å². The molecule has 0 amide bonds. The first-order valence-corrected chi connectivity index (χ1v) is 8.50. The van der Waals surface area contributed by atoms with Gasteiger partial charge in [0.05, 0.1) is 26.4 Å². The minimum Gasteiger partial charge on any atom is -0.379 e. The lowest BCUT2D eigenvalue weighted by molar-refractivity contribution is 0.0113. The van der Waals surface area contributed by atoms with Gasteiger partial charge in [0.25, 0.3) is 0 Å². The van der Waals surface area contributed by atoms with Gasteiger partial charge in [-0.15, -0.1) is 0 Å². The summed E-state index contributed by atoms with van der Waals surface area (Å²) in [4.78, 5) is 0.611. The lowest BCUT2D eigenvalue weighted by atomic mass is 10.00. The Bertz CT molecular complexity index is 217. The van der Waals surface area contributed by atoms with E-state index in [-0.39, 0.29) is 0 Å². The van der Waals surface area contributed by atoms with Crippen molar-refractivity contribution in [3.8, 4) is 0 Å². The monoisotopic (exact) mass is 336 g/mol. The SMILES string of the molecule is CCCCOCCOCCOCCC1(C(C)Br)CC1. The molecule has 0 N–H and O–H groups in total. The second-order valence-electron chi connectivity index (χ2n) is 5.42. The van der Waals surface area contributed by atoms with E-state index in [0.29, 0.717) is 36.7 Å². The molecule has 4 heteroatoms. The third kappa shape index (κ3) is 7.64. The molecule has 0 aromatic rings. The third-order valence-corrected chi connectivity index (χ3v) is 4.84. The molecule has 3 nitrogen and oxygen atoms in total. The second-order valence-corrected chi connectivity index (χ2v) is 6.79. The maximum Gasteiger partial charge on any atom is 0.0701 e. The Kier molecular flexibility index (Phi) is 9.29. The predicted molar refractivity (Wildman–Crippen MR) is 82.0 cm³/mol. The van der Waals surface area contributed by atoms with Crippen LogP contribution in [0.3, 0.4) is 0 Å². The summed E-state index contributed by atoms with van der Waals surface area (Å²) in [7, 11) is 0. The molecule has 0 bridgehead atoms. The highest BCUT2D eigenvalue weighted by Crippen LogP contribution is 2.54. The fourth-order valence-electron chi connectivity index (χ4n) is 2.07. The zero-order valence-corrected chi connectivity index (χ0v) is 14.0. The number of ether oxygens (including phenoxy) is 3. The number of halogens is 1. The molecular weight excluding hydrogens is 308 g/mol. The van der Waals surface area contributed by atoms with Gasteiger partial charge in [-0.3, -0.25) is 0 Å². The number of hydrogen-bond donors (Lipinski definition) is 0. The molecule has 0 spiro atoms. The van der Waals surface area contributed by atoms with Crippen molar-refractivity contribution < 1.29 is 14.2 Å². The van der Waals surface area contributed by atoms with Crippen molar-refractivity contribution in [3.63, 3.8) is 0 Å². The molecule has 0 radical (unpaired) electrons. The summed E-state index contributed by atoms with van der Waals surface area (Å²) in [5, 5.41) is 0. The zero-order chi connectivity index (χ0) is 14.0. The van der Waals surface area contributed by atoms with Crippen LogP contribution in [0.1, 0.15) is 46.0 Å². The lowest BCUT2D eigenvalue weighted by Crippen LogP contribution is -2.16. The Morgan fingerprint density at radius 3 is 1.95 bits per heavy atom. The van der Waals surface area contributed by atoms with Crippen LogP contribution in [-0.2, 0) is 14.2 Å². The highest BCUT2D eigenvalue weighted by Gasteiger charge is 2.45. The van der Waals surface area contributed by atoms with E-state index in [2.05, 4.69) is 29.8 Å². The summed E-state index contributed by atoms with van der Waals surface area (Å²) in [5.74, 6) is 0. The fourth-order valence-corrected chi connectivity index (χ4v) is 2.76. The number of hydrogen-bond acceptors (Lipinski definition) is 3. The van der Waals surface area contributed by atoms with Crippen LogP contribution in [0, 0.1) is 5.41 Å². The largest absolute Gasteiger partial charge is 0.379 e. The van der Waals surface area contributed by atoms with Crippen molar-refractivity contribution in [3.05, 3.63) is 0 Å². The van der Waals surface area contributed by atoms with Crippen LogP contribution in [0.2, 0.25) is 0 Å². The first-order chi connectivity index (χ1) is 9.21. The number of alkyl halides is 1. The van der Waals surface area contributed by atoms with Gasteiger partial charge in [-0.2, -0.15) is 0 Å². The molecule has 0 aliphatic heterocycles. The molecule has 0 saturated heterocycles. The van der Waals surface area contributed by atoms with Gasteiger partial charge < -0.3 is 14.2 Å². The van der Waals surface area contributed by atoms with Crippen molar-refractivity contribution in [2.24, 2.45) is 5.41 Å². The number of rotatable bonds is 13. The first kappa shape index (κ1) is 17.4. The normalized spacial score (nSPS) is 18.5. The summed E-state index contributed by atoms with van der Waals surface area (Å²) in [6.45, 7) is 8.86. The molecule has 1 aliphatic carbocycles. The van der Waals surface area contributed by atoms with Crippen LogP contribution in [0.4, 0.5) is 0 Å². The quantitative estimate of drug-likeness (QED) is 0.378. The molecule has 19 heavy (non-hydrogen) atoms. The average molecular weight is 337 g/mol. The Hall–Kier alpha value is 0.360. The summed E-state index contributed by atoms with van der Waals surface area (Å²) in [5.41, 5.74) is 0.522. The van der Waals surface area contributed by atoms with Crippen LogP contribution in [0.5, 0.6) is 0 Å². The van der Waals surface area contributed by atoms with E-state index in [9.17, 15) is 0 Å². The highest BCUT2D eigenvalue weighted by molar-refractivity contribution is 9.09. The molecule has 1 aliphatic rings. The molecule has 1 atom stereocenters. The van der Waals surface area contributed by atoms with E-state index in [1.165, 1.54) is 25.7 Å². The van der Waals surface area contributed by atoms with Crippen molar-refractivity contribution >= 4 is 15.9 Å². The van der Waals surface area contributed by atoms with Gasteiger partial charge in [-0.1, -0.05) is 36.2 Å². The van der Waals surface area contributed by atoms with Gasteiger partial charge in [0.15, 0.2) is 0 Å². The molecule has 0 aromatic carbocycles. The maximum absolute atomic E-state index is 5.62. The van der Waals surface area contributed by atoms with Crippen LogP contribution in [0.25, 0.3) is 0 Å². The highest BCUT2D eigenvalue weighted by atomic mass is 79.9. The molecule has 1 unspecified atom stereocenters. The number of unbranched alkanes of at least 4 members (excludes halogenated alkanes) is 1. The van der Waals surface area contributed by atoms with Crippen molar-refractivity contribution in [2.45, 2.75) is 50.8 Å². The van der Waals surface area contributed by atoms with E-state index in [4.69, 9.17) is 14.2 Å². The van der Waals surface area contributed by atoms with Crippen molar-refractivity contribution in [1.29, 1.82) is 0 Å². The average Bonchev–Trinajstić information content (AvgIpc) is 3.17. The van der Waals surface area contributed by atoms with Gasteiger partial charge in [-0.25, -0.2) is 0 Å². The standard InChI is InChI=1S/C15H29BrO3/c1-3-4-8-17-10-12-19-13-11-18-9-7-15(5-6-15)14(2)16/h14H,3-13H2,1-2H3. The molecule has 1 fully saturated rings. The predicted octanol–water partition coefficient (Wildman–Crippen LogP) is 3.79. The summed E-state index contributed by atoms with van der Waals surface area (Å²) >= 11 is 3.69. The van der Waals surface area contributed by atoms with Gasteiger partial charge in [0.1, 0.15) is 0 Å². The minimum absolute atomic E-state index is 0.522. The van der Waals surface area contributed by atoms with Crippen LogP contribution in [-0.4, -0.2) is 44.5 Å². The van der Waals surface area contributed by atoms with Crippen LogP contribution in [0.15, 0.2) is 0 Å². The van der Waals surface area contributed by atoms with Crippen LogP contribution >= 0.6 is 15.9 Å².